The lowest BCUT2D eigenvalue weighted by atomic mass is 10.1. The monoisotopic (exact) mass is 643 g/mol. The molecule has 2 amide bonds. The number of anilines is 1. The van der Waals surface area contributed by atoms with E-state index in [0.717, 1.165) is 46.7 Å². The molecule has 0 aromatic heterocycles. The van der Waals surface area contributed by atoms with E-state index in [9.17, 15) is 18.0 Å². The van der Waals surface area contributed by atoms with E-state index >= 15 is 0 Å². The molecule has 43 heavy (non-hydrogen) atoms. The van der Waals surface area contributed by atoms with Gasteiger partial charge in [0.25, 0.3) is 10.0 Å². The van der Waals surface area contributed by atoms with Crippen molar-refractivity contribution in [1.82, 2.24) is 10.2 Å². The molecule has 1 unspecified atom stereocenters. The molecule has 3 aromatic carbocycles. The summed E-state index contributed by atoms with van der Waals surface area (Å²) in [5, 5.41) is 3.82. The Morgan fingerprint density at radius 3 is 2.19 bits per heavy atom. The van der Waals surface area contributed by atoms with Crippen molar-refractivity contribution in [3.05, 3.63) is 93.0 Å². The van der Waals surface area contributed by atoms with E-state index in [1.165, 1.54) is 4.90 Å². The number of nitrogens with zero attached hydrogens (tertiary/aromatic N) is 2. The largest absolute Gasteiger partial charge is 0.352 e. The Morgan fingerprint density at radius 1 is 0.907 bits per heavy atom. The highest BCUT2D eigenvalue weighted by Crippen LogP contribution is 2.28. The third-order valence-electron chi connectivity index (χ3n) is 8.09. The molecule has 1 N–H and O–H groups in total. The van der Waals surface area contributed by atoms with Crippen LogP contribution in [0.4, 0.5) is 5.69 Å². The molecule has 1 aliphatic rings. The molecule has 1 aliphatic carbocycles. The van der Waals surface area contributed by atoms with E-state index in [-0.39, 0.29) is 23.4 Å². The number of carbonyl (C=O) groups excluding carboxylic acids is 2. The molecular formula is C33H39Cl2N3O4S. The Hall–Kier alpha value is -3.07. The van der Waals surface area contributed by atoms with E-state index in [2.05, 4.69) is 5.32 Å². The molecule has 0 bridgehead atoms. The first-order valence-corrected chi connectivity index (χ1v) is 16.8. The molecule has 4 rings (SSSR count). The number of hydrogen-bond donors (Lipinski definition) is 1. The van der Waals surface area contributed by atoms with E-state index in [1.807, 2.05) is 33.8 Å². The fraction of sp³-hybridized carbons (Fsp3) is 0.394. The van der Waals surface area contributed by atoms with Gasteiger partial charge in [0.2, 0.25) is 11.8 Å². The van der Waals surface area contributed by atoms with E-state index in [1.54, 1.807) is 54.6 Å². The molecule has 3 aromatic rings. The van der Waals surface area contributed by atoms with Gasteiger partial charge in [0.15, 0.2) is 0 Å². The van der Waals surface area contributed by atoms with Crippen molar-refractivity contribution in [3.8, 4) is 0 Å². The minimum Gasteiger partial charge on any atom is -0.352 e. The van der Waals surface area contributed by atoms with Gasteiger partial charge in [-0.15, -0.1) is 0 Å². The van der Waals surface area contributed by atoms with Gasteiger partial charge in [0.05, 0.1) is 20.6 Å². The molecular weight excluding hydrogens is 605 g/mol. The van der Waals surface area contributed by atoms with Gasteiger partial charge in [0, 0.05) is 12.6 Å². The van der Waals surface area contributed by atoms with Crippen molar-refractivity contribution in [1.29, 1.82) is 0 Å². The zero-order valence-electron chi connectivity index (χ0n) is 25.1. The number of benzene rings is 3. The van der Waals surface area contributed by atoms with Crippen LogP contribution in [0.1, 0.15) is 61.3 Å². The standard InChI is InChI=1S/C33H39Cl2N3O4S/c1-5-31(33(40)36-26-8-6-7-9-26)37(20-25-13-17-29(34)30(35)19-25)32(39)21-38(27-14-12-23(3)24(4)18-27)43(41,42)28-15-10-22(2)11-16-28/h10-19,26,31H,5-9,20-21H2,1-4H3,(H,36,40). The van der Waals surface area contributed by atoms with Crippen LogP contribution in [0.15, 0.2) is 65.6 Å². The van der Waals surface area contributed by atoms with E-state index in [0.29, 0.717) is 27.7 Å². The SMILES string of the molecule is CCC(C(=O)NC1CCCC1)N(Cc1ccc(Cl)c(Cl)c1)C(=O)CN(c1ccc(C)c(C)c1)S(=O)(=O)c1ccc(C)cc1. The highest BCUT2D eigenvalue weighted by Gasteiger charge is 2.34. The minimum atomic E-state index is -4.14. The number of sulfonamides is 1. The van der Waals surface area contributed by atoms with Gasteiger partial charge in [-0.3, -0.25) is 13.9 Å². The zero-order valence-corrected chi connectivity index (χ0v) is 27.4. The topological polar surface area (TPSA) is 86.8 Å². The molecule has 0 heterocycles. The van der Waals surface area contributed by atoms with Crippen molar-refractivity contribution < 1.29 is 18.0 Å². The van der Waals surface area contributed by atoms with Gasteiger partial charge in [-0.2, -0.15) is 0 Å². The molecule has 1 saturated carbocycles. The maximum atomic E-state index is 14.3. The number of rotatable bonds is 11. The molecule has 0 radical (unpaired) electrons. The Labute approximate surface area is 265 Å². The maximum Gasteiger partial charge on any atom is 0.264 e. The molecule has 1 atom stereocenters. The Kier molecular flexibility index (Phi) is 10.8. The lowest BCUT2D eigenvalue weighted by molar-refractivity contribution is -0.140. The Balaban J connectivity index is 1.74. The molecule has 0 saturated heterocycles. The molecule has 0 spiro atoms. The highest BCUT2D eigenvalue weighted by atomic mass is 35.5. The van der Waals surface area contributed by atoms with Crippen molar-refractivity contribution in [3.63, 3.8) is 0 Å². The number of aryl methyl sites for hydroxylation is 3. The summed E-state index contributed by atoms with van der Waals surface area (Å²) < 4.78 is 29.3. The molecule has 10 heteroatoms. The van der Waals surface area contributed by atoms with Crippen LogP contribution in [0.25, 0.3) is 0 Å². The second kappa shape index (κ2) is 14.1. The lowest BCUT2D eigenvalue weighted by Crippen LogP contribution is -2.53. The average molecular weight is 645 g/mol. The average Bonchev–Trinajstić information content (AvgIpc) is 3.48. The maximum absolute atomic E-state index is 14.3. The number of carbonyl (C=O) groups is 2. The highest BCUT2D eigenvalue weighted by molar-refractivity contribution is 7.92. The summed E-state index contributed by atoms with van der Waals surface area (Å²) in [5.41, 5.74) is 3.85. The van der Waals surface area contributed by atoms with Gasteiger partial charge in [-0.05, 0) is 93.1 Å². The van der Waals surface area contributed by atoms with Gasteiger partial charge in [-0.25, -0.2) is 8.42 Å². The van der Waals surface area contributed by atoms with Crippen LogP contribution >= 0.6 is 23.2 Å². The van der Waals surface area contributed by atoms with Crippen molar-refractivity contribution in [2.75, 3.05) is 10.8 Å². The lowest BCUT2D eigenvalue weighted by Gasteiger charge is -2.34. The van der Waals surface area contributed by atoms with Gasteiger partial charge >= 0.3 is 0 Å². The summed E-state index contributed by atoms with van der Waals surface area (Å²) in [7, 11) is -4.14. The van der Waals surface area contributed by atoms with Gasteiger partial charge < -0.3 is 10.2 Å². The summed E-state index contributed by atoms with van der Waals surface area (Å²) >= 11 is 12.4. The van der Waals surface area contributed by atoms with Crippen molar-refractivity contribution in [2.45, 2.75) is 83.3 Å². The normalized spacial score (nSPS) is 14.4. The van der Waals surface area contributed by atoms with Crippen LogP contribution in [0.2, 0.25) is 10.0 Å². The zero-order chi connectivity index (χ0) is 31.3. The van der Waals surface area contributed by atoms with E-state index < -0.39 is 28.5 Å². The fourth-order valence-electron chi connectivity index (χ4n) is 5.37. The van der Waals surface area contributed by atoms with Crippen LogP contribution in [0.5, 0.6) is 0 Å². The number of hydrogen-bond acceptors (Lipinski definition) is 4. The first-order chi connectivity index (χ1) is 20.4. The Bertz CT molecular complexity index is 1570. The second-order valence-corrected chi connectivity index (χ2v) is 14.0. The molecule has 7 nitrogen and oxygen atoms in total. The molecule has 230 valence electrons. The number of nitrogens with one attached hydrogen (secondary N) is 1. The first-order valence-electron chi connectivity index (χ1n) is 14.6. The van der Waals surface area contributed by atoms with Crippen LogP contribution in [0, 0.1) is 20.8 Å². The van der Waals surface area contributed by atoms with Crippen LogP contribution in [-0.4, -0.2) is 43.8 Å². The summed E-state index contributed by atoms with van der Waals surface area (Å²) in [5.74, 6) is -0.754. The smallest absolute Gasteiger partial charge is 0.264 e. The Morgan fingerprint density at radius 2 is 1.58 bits per heavy atom. The molecule has 1 fully saturated rings. The van der Waals surface area contributed by atoms with Gasteiger partial charge in [0.1, 0.15) is 12.6 Å². The predicted octanol–water partition coefficient (Wildman–Crippen LogP) is 6.98. The summed E-state index contributed by atoms with van der Waals surface area (Å²) in [6.07, 6.45) is 4.25. The van der Waals surface area contributed by atoms with Crippen molar-refractivity contribution >= 4 is 50.7 Å². The van der Waals surface area contributed by atoms with Crippen LogP contribution < -0.4 is 9.62 Å². The summed E-state index contributed by atoms with van der Waals surface area (Å²) in [6.45, 7) is 7.12. The molecule has 0 aliphatic heterocycles. The fourth-order valence-corrected chi connectivity index (χ4v) is 7.10. The van der Waals surface area contributed by atoms with Crippen LogP contribution in [0.3, 0.4) is 0 Å². The third kappa shape index (κ3) is 7.91. The van der Waals surface area contributed by atoms with Crippen molar-refractivity contribution in [2.24, 2.45) is 0 Å². The first kappa shape index (κ1) is 32.8. The van der Waals surface area contributed by atoms with Crippen LogP contribution in [-0.2, 0) is 26.2 Å². The minimum absolute atomic E-state index is 0.0532. The second-order valence-electron chi connectivity index (χ2n) is 11.3. The third-order valence-corrected chi connectivity index (χ3v) is 10.6. The van der Waals surface area contributed by atoms with E-state index in [4.69, 9.17) is 23.2 Å². The quantitative estimate of drug-likeness (QED) is 0.244. The number of amides is 2. The van der Waals surface area contributed by atoms with Gasteiger partial charge in [-0.1, -0.05) is 72.8 Å². The predicted molar refractivity (Wildman–Crippen MR) is 173 cm³/mol. The summed E-state index contributed by atoms with van der Waals surface area (Å²) in [6, 6.07) is 16.2. The summed E-state index contributed by atoms with van der Waals surface area (Å²) in [4.78, 5) is 29.4. The number of halogens is 2.